The third-order valence-corrected chi connectivity index (χ3v) is 6.03. The fourth-order valence-electron chi connectivity index (χ4n) is 3.28. The van der Waals surface area contributed by atoms with Crippen LogP contribution in [0.2, 0.25) is 5.02 Å². The Hall–Kier alpha value is -1.34. The summed E-state index contributed by atoms with van der Waals surface area (Å²) in [5, 5.41) is 7.28. The van der Waals surface area contributed by atoms with Crippen LogP contribution in [-0.4, -0.2) is 26.7 Å². The normalized spacial score (nSPS) is 14.9. The Morgan fingerprint density at radius 1 is 1.18 bits per heavy atom. The quantitative estimate of drug-likeness (QED) is 0.574. The van der Waals surface area contributed by atoms with Crippen LogP contribution in [-0.2, 0) is 13.2 Å². The maximum Gasteiger partial charge on any atom is 0.162 e. The summed E-state index contributed by atoms with van der Waals surface area (Å²) >= 11 is 9.70. The van der Waals surface area contributed by atoms with Gasteiger partial charge in [0.1, 0.15) is 12.4 Å². The molecule has 0 aliphatic carbocycles. The summed E-state index contributed by atoms with van der Waals surface area (Å²) in [5.41, 5.74) is 1.83. The van der Waals surface area contributed by atoms with Crippen LogP contribution < -0.4 is 20.1 Å². The molecule has 0 bridgehead atoms. The largest absolute Gasteiger partial charge is 0.493 e. The van der Waals surface area contributed by atoms with Gasteiger partial charge in [-0.05, 0) is 68.2 Å². The van der Waals surface area contributed by atoms with E-state index in [1.54, 1.807) is 13.2 Å². The van der Waals surface area contributed by atoms with Crippen LogP contribution in [0.1, 0.15) is 24.0 Å². The molecule has 3 rings (SSSR count). The molecule has 0 aromatic heterocycles. The Morgan fingerprint density at radius 2 is 1.96 bits per heavy atom. The number of piperidine rings is 1. The van der Waals surface area contributed by atoms with E-state index in [2.05, 4.69) is 26.6 Å². The lowest BCUT2D eigenvalue weighted by atomic mass is 9.98. The molecule has 2 aromatic rings. The molecule has 0 unspecified atom stereocenters. The minimum Gasteiger partial charge on any atom is -0.493 e. The molecular weight excluding hydrogens is 447 g/mol. The van der Waals surface area contributed by atoms with Crippen LogP contribution in [0, 0.1) is 11.7 Å². The van der Waals surface area contributed by atoms with Gasteiger partial charge in [0.05, 0.1) is 12.1 Å². The molecule has 0 atom stereocenters. The Labute approximate surface area is 178 Å². The summed E-state index contributed by atoms with van der Waals surface area (Å²) < 4.78 is 25.5. The number of benzene rings is 2. The third-order valence-electron chi connectivity index (χ3n) is 4.94. The lowest BCUT2D eigenvalue weighted by molar-refractivity contribution is 0.284. The summed E-state index contributed by atoms with van der Waals surface area (Å²) in [6, 6.07) is 8.15. The summed E-state index contributed by atoms with van der Waals surface area (Å²) in [5.74, 6) is 1.62. The molecule has 2 N–H and O–H groups in total. The van der Waals surface area contributed by atoms with E-state index >= 15 is 0 Å². The van der Waals surface area contributed by atoms with Gasteiger partial charge in [0.15, 0.2) is 11.5 Å². The Bertz CT molecular complexity index is 800. The number of methoxy groups -OCH3 is 1. The van der Waals surface area contributed by atoms with Crippen molar-refractivity contribution in [1.82, 2.24) is 10.6 Å². The lowest BCUT2D eigenvalue weighted by Gasteiger charge is -2.23. The van der Waals surface area contributed by atoms with E-state index in [1.165, 1.54) is 25.0 Å². The van der Waals surface area contributed by atoms with Crippen molar-refractivity contribution in [3.8, 4) is 11.5 Å². The minimum absolute atomic E-state index is 0.231. The maximum absolute atomic E-state index is 13.2. The minimum atomic E-state index is -0.365. The highest BCUT2D eigenvalue weighted by molar-refractivity contribution is 9.10. The molecule has 0 spiro atoms. The van der Waals surface area contributed by atoms with Crippen LogP contribution in [0.15, 0.2) is 34.8 Å². The van der Waals surface area contributed by atoms with E-state index in [9.17, 15) is 4.39 Å². The van der Waals surface area contributed by atoms with E-state index < -0.39 is 0 Å². The molecule has 2 aromatic carbocycles. The molecule has 1 aliphatic rings. The maximum atomic E-state index is 13.2. The highest BCUT2D eigenvalue weighted by atomic mass is 79.9. The molecule has 4 nitrogen and oxygen atoms in total. The zero-order valence-corrected chi connectivity index (χ0v) is 18.2. The molecule has 1 fully saturated rings. The Balaban J connectivity index is 1.61. The molecule has 0 radical (unpaired) electrons. The van der Waals surface area contributed by atoms with Gasteiger partial charge in [0, 0.05) is 16.6 Å². The molecule has 1 heterocycles. The third kappa shape index (κ3) is 5.83. The topological polar surface area (TPSA) is 42.5 Å². The van der Waals surface area contributed by atoms with Crippen LogP contribution in [0.5, 0.6) is 11.5 Å². The van der Waals surface area contributed by atoms with Gasteiger partial charge >= 0.3 is 0 Å². The SMILES string of the molecule is COc1cc(CNCC2CCNCC2)c(Br)cc1OCc1ccc(F)cc1Cl. The molecule has 1 aliphatic heterocycles. The average molecular weight is 472 g/mol. The first kappa shape index (κ1) is 21.4. The zero-order valence-electron chi connectivity index (χ0n) is 15.9. The number of nitrogens with one attached hydrogen (secondary N) is 2. The molecule has 28 heavy (non-hydrogen) atoms. The number of hydrogen-bond donors (Lipinski definition) is 2. The first-order valence-electron chi connectivity index (χ1n) is 9.41. The summed E-state index contributed by atoms with van der Waals surface area (Å²) in [4.78, 5) is 0. The van der Waals surface area contributed by atoms with Crippen molar-refractivity contribution in [2.75, 3.05) is 26.7 Å². The predicted molar refractivity (Wildman–Crippen MR) is 114 cm³/mol. The first-order chi connectivity index (χ1) is 13.6. The molecule has 152 valence electrons. The van der Waals surface area contributed by atoms with Crippen molar-refractivity contribution in [3.63, 3.8) is 0 Å². The number of halogens is 3. The van der Waals surface area contributed by atoms with Crippen LogP contribution >= 0.6 is 27.5 Å². The van der Waals surface area contributed by atoms with Crippen LogP contribution in [0.25, 0.3) is 0 Å². The van der Waals surface area contributed by atoms with E-state index in [1.807, 2.05) is 12.1 Å². The van der Waals surface area contributed by atoms with Gasteiger partial charge in [-0.2, -0.15) is 0 Å². The van der Waals surface area contributed by atoms with Gasteiger partial charge < -0.3 is 20.1 Å². The van der Waals surface area contributed by atoms with Crippen molar-refractivity contribution in [3.05, 3.63) is 56.8 Å². The van der Waals surface area contributed by atoms with E-state index in [4.69, 9.17) is 21.1 Å². The zero-order chi connectivity index (χ0) is 19.9. The van der Waals surface area contributed by atoms with Gasteiger partial charge in [0.2, 0.25) is 0 Å². The van der Waals surface area contributed by atoms with Crippen molar-refractivity contribution in [2.24, 2.45) is 5.92 Å². The van der Waals surface area contributed by atoms with Crippen LogP contribution in [0.4, 0.5) is 4.39 Å². The van der Waals surface area contributed by atoms with E-state index in [0.29, 0.717) is 22.1 Å². The van der Waals surface area contributed by atoms with Crippen molar-refractivity contribution >= 4 is 27.5 Å². The van der Waals surface area contributed by atoms with Gasteiger partial charge in [-0.25, -0.2) is 4.39 Å². The second-order valence-corrected chi connectivity index (χ2v) is 8.20. The molecule has 7 heteroatoms. The lowest BCUT2D eigenvalue weighted by Crippen LogP contribution is -2.33. The molecule has 0 amide bonds. The van der Waals surface area contributed by atoms with Crippen molar-refractivity contribution < 1.29 is 13.9 Å². The first-order valence-corrected chi connectivity index (χ1v) is 10.6. The number of hydrogen-bond acceptors (Lipinski definition) is 4. The van der Waals surface area contributed by atoms with Gasteiger partial charge in [0.25, 0.3) is 0 Å². The van der Waals surface area contributed by atoms with Crippen molar-refractivity contribution in [1.29, 1.82) is 0 Å². The smallest absolute Gasteiger partial charge is 0.162 e. The van der Waals surface area contributed by atoms with Crippen LogP contribution in [0.3, 0.4) is 0 Å². The monoisotopic (exact) mass is 470 g/mol. The van der Waals surface area contributed by atoms with Gasteiger partial charge in [-0.15, -0.1) is 0 Å². The molecule has 1 saturated heterocycles. The fraction of sp³-hybridized carbons (Fsp3) is 0.429. The number of rotatable bonds is 8. The predicted octanol–water partition coefficient (Wildman–Crippen LogP) is 4.92. The second-order valence-electron chi connectivity index (χ2n) is 6.94. The average Bonchev–Trinajstić information content (AvgIpc) is 2.69. The van der Waals surface area contributed by atoms with Crippen molar-refractivity contribution in [2.45, 2.75) is 26.0 Å². The standard InChI is InChI=1S/C21H25BrClFN2O2/c1-27-20-8-16(12-26-11-14-4-6-25-7-5-14)18(22)10-21(20)28-13-15-2-3-17(24)9-19(15)23/h2-3,8-10,14,25-26H,4-7,11-13H2,1H3. The summed E-state index contributed by atoms with van der Waals surface area (Å²) in [7, 11) is 1.62. The Morgan fingerprint density at radius 3 is 2.68 bits per heavy atom. The highest BCUT2D eigenvalue weighted by Crippen LogP contribution is 2.34. The molecule has 0 saturated carbocycles. The fourth-order valence-corrected chi connectivity index (χ4v) is 3.96. The number of ether oxygens (including phenoxy) is 2. The highest BCUT2D eigenvalue weighted by Gasteiger charge is 2.14. The van der Waals surface area contributed by atoms with Gasteiger partial charge in [-0.1, -0.05) is 33.6 Å². The summed E-state index contributed by atoms with van der Waals surface area (Å²) in [6.45, 7) is 4.21. The van der Waals surface area contributed by atoms with E-state index in [-0.39, 0.29) is 12.4 Å². The second kappa shape index (κ2) is 10.4. The summed E-state index contributed by atoms with van der Waals surface area (Å²) in [6.07, 6.45) is 2.44. The van der Waals surface area contributed by atoms with Gasteiger partial charge in [-0.3, -0.25) is 0 Å². The van der Waals surface area contributed by atoms with E-state index in [0.717, 1.165) is 42.1 Å². The Kier molecular flexibility index (Phi) is 7.97. The molecular formula is C21H25BrClFN2O2.